The number of aliphatic hydroxyl groups is 1. The summed E-state index contributed by atoms with van der Waals surface area (Å²) in [6.07, 6.45) is -0.579. The highest BCUT2D eigenvalue weighted by atomic mass is 16.5. The van der Waals surface area contributed by atoms with Crippen molar-refractivity contribution in [2.45, 2.75) is 19.6 Å². The normalized spacial score (nSPS) is 11.9. The minimum atomic E-state index is -0.579. The van der Waals surface area contributed by atoms with Gasteiger partial charge >= 0.3 is 0 Å². The molecule has 0 saturated carbocycles. The highest BCUT2D eigenvalue weighted by Gasteiger charge is 2.07. The predicted molar refractivity (Wildman–Crippen MR) is 105 cm³/mol. The summed E-state index contributed by atoms with van der Waals surface area (Å²) in [5.41, 5.74) is 2.16. The van der Waals surface area contributed by atoms with Gasteiger partial charge in [-0.2, -0.15) is 0 Å². The number of rotatable bonds is 12. The van der Waals surface area contributed by atoms with Crippen molar-refractivity contribution in [2.75, 3.05) is 40.5 Å². The lowest BCUT2D eigenvalue weighted by Gasteiger charge is -2.14. The highest BCUT2D eigenvalue weighted by molar-refractivity contribution is 5.42. The summed E-state index contributed by atoms with van der Waals surface area (Å²) in [6.45, 7) is 4.33. The van der Waals surface area contributed by atoms with Crippen molar-refractivity contribution in [1.82, 2.24) is 5.32 Å². The number of hydrogen-bond acceptors (Lipinski definition) is 6. The van der Waals surface area contributed by atoms with Gasteiger partial charge in [-0.3, -0.25) is 0 Å². The monoisotopic (exact) mass is 375 g/mol. The van der Waals surface area contributed by atoms with E-state index in [1.54, 1.807) is 14.2 Å². The highest BCUT2D eigenvalue weighted by Crippen LogP contribution is 2.27. The van der Waals surface area contributed by atoms with E-state index in [0.717, 1.165) is 11.3 Å². The Morgan fingerprint density at radius 1 is 1.00 bits per heavy atom. The van der Waals surface area contributed by atoms with Crippen LogP contribution in [0.15, 0.2) is 42.5 Å². The molecule has 0 bridgehead atoms. The minimum Gasteiger partial charge on any atom is -0.493 e. The molecule has 0 amide bonds. The smallest absolute Gasteiger partial charge is 0.161 e. The molecule has 0 heterocycles. The van der Waals surface area contributed by atoms with Gasteiger partial charge in [-0.15, -0.1) is 0 Å². The zero-order valence-electron chi connectivity index (χ0n) is 16.2. The maximum Gasteiger partial charge on any atom is 0.161 e. The Labute approximate surface area is 161 Å². The molecule has 2 aromatic carbocycles. The lowest BCUT2D eigenvalue weighted by Crippen LogP contribution is -2.32. The first-order chi connectivity index (χ1) is 13.1. The van der Waals surface area contributed by atoms with Gasteiger partial charge in [0.05, 0.1) is 33.5 Å². The molecular formula is C21H29NO5. The number of hydrogen-bond donors (Lipinski definition) is 2. The maximum absolute atomic E-state index is 9.98. The summed E-state index contributed by atoms with van der Waals surface area (Å²) in [6, 6.07) is 13.5. The van der Waals surface area contributed by atoms with E-state index < -0.39 is 6.10 Å². The number of aryl methyl sites for hydroxylation is 1. The molecule has 6 nitrogen and oxygen atoms in total. The summed E-state index contributed by atoms with van der Waals surface area (Å²) in [5, 5.41) is 13.1. The van der Waals surface area contributed by atoms with E-state index >= 15 is 0 Å². The number of nitrogens with one attached hydrogen (secondary N) is 1. The molecule has 0 saturated heterocycles. The van der Waals surface area contributed by atoms with Crippen molar-refractivity contribution in [3.8, 4) is 17.2 Å². The zero-order valence-corrected chi connectivity index (χ0v) is 16.2. The fraction of sp³-hybridized carbons (Fsp3) is 0.429. The Hall–Kier alpha value is -2.28. The predicted octanol–water partition coefficient (Wildman–Crippen LogP) is 2.56. The first-order valence-corrected chi connectivity index (χ1v) is 8.99. The van der Waals surface area contributed by atoms with Gasteiger partial charge in [-0.25, -0.2) is 0 Å². The second kappa shape index (κ2) is 11.4. The average molecular weight is 375 g/mol. The van der Waals surface area contributed by atoms with Gasteiger partial charge in [0.25, 0.3) is 0 Å². The molecule has 2 N–H and O–H groups in total. The SMILES string of the molecule is COc1ccc(COCC(O)CNCCOc2ccc(C)cc2)cc1OC. The first-order valence-electron chi connectivity index (χ1n) is 8.99. The van der Waals surface area contributed by atoms with Gasteiger partial charge in [0.1, 0.15) is 12.4 Å². The van der Waals surface area contributed by atoms with Gasteiger partial charge in [-0.05, 0) is 36.8 Å². The molecule has 6 heteroatoms. The van der Waals surface area contributed by atoms with Gasteiger partial charge in [-0.1, -0.05) is 23.8 Å². The lowest BCUT2D eigenvalue weighted by atomic mass is 10.2. The summed E-state index contributed by atoms with van der Waals surface area (Å²) in [5.74, 6) is 2.19. The standard InChI is InChI=1S/C21H29NO5/c1-16-4-7-19(8-5-16)27-11-10-22-13-18(23)15-26-14-17-6-9-20(24-2)21(12-17)25-3/h4-9,12,18,22-23H,10-11,13-15H2,1-3H3. The summed E-state index contributed by atoms with van der Waals surface area (Å²) in [4.78, 5) is 0. The van der Waals surface area contributed by atoms with Crippen LogP contribution in [-0.2, 0) is 11.3 Å². The fourth-order valence-corrected chi connectivity index (χ4v) is 2.49. The number of benzene rings is 2. The Bertz CT molecular complexity index is 675. The first kappa shape index (κ1) is 21.0. The van der Waals surface area contributed by atoms with Gasteiger partial charge in [0.2, 0.25) is 0 Å². The van der Waals surface area contributed by atoms with Crippen LogP contribution < -0.4 is 19.5 Å². The third-order valence-electron chi connectivity index (χ3n) is 3.98. The van der Waals surface area contributed by atoms with Crippen molar-refractivity contribution in [1.29, 1.82) is 0 Å². The lowest BCUT2D eigenvalue weighted by molar-refractivity contribution is 0.0285. The van der Waals surface area contributed by atoms with Crippen molar-refractivity contribution < 1.29 is 24.1 Å². The molecule has 0 aromatic heterocycles. The van der Waals surface area contributed by atoms with E-state index in [0.29, 0.717) is 37.8 Å². The van der Waals surface area contributed by atoms with Crippen LogP contribution in [0.1, 0.15) is 11.1 Å². The van der Waals surface area contributed by atoms with E-state index in [2.05, 4.69) is 5.32 Å². The molecule has 0 radical (unpaired) electrons. The molecule has 148 valence electrons. The van der Waals surface area contributed by atoms with Crippen LogP contribution >= 0.6 is 0 Å². The number of ether oxygens (including phenoxy) is 4. The van der Waals surface area contributed by atoms with Gasteiger partial charge in [0, 0.05) is 13.1 Å². The molecule has 0 spiro atoms. The van der Waals surface area contributed by atoms with E-state index in [-0.39, 0.29) is 6.61 Å². The molecule has 0 aliphatic carbocycles. The zero-order chi connectivity index (χ0) is 19.5. The Balaban J connectivity index is 1.58. The number of aliphatic hydroxyl groups excluding tert-OH is 1. The van der Waals surface area contributed by atoms with Gasteiger partial charge < -0.3 is 29.4 Å². The molecule has 2 aromatic rings. The van der Waals surface area contributed by atoms with Crippen LogP contribution in [-0.4, -0.2) is 51.7 Å². The molecule has 0 fully saturated rings. The van der Waals surface area contributed by atoms with E-state index in [1.807, 2.05) is 49.4 Å². The van der Waals surface area contributed by atoms with Crippen LogP contribution in [0.3, 0.4) is 0 Å². The maximum atomic E-state index is 9.98. The second-order valence-corrected chi connectivity index (χ2v) is 6.22. The van der Waals surface area contributed by atoms with Crippen molar-refractivity contribution in [2.24, 2.45) is 0 Å². The van der Waals surface area contributed by atoms with Crippen molar-refractivity contribution >= 4 is 0 Å². The Kier molecular flexibility index (Phi) is 8.91. The molecule has 1 unspecified atom stereocenters. The quantitative estimate of drug-likeness (QED) is 0.556. The molecule has 0 aliphatic heterocycles. The van der Waals surface area contributed by atoms with Crippen LogP contribution in [0.2, 0.25) is 0 Å². The van der Waals surface area contributed by atoms with Crippen LogP contribution in [0, 0.1) is 6.92 Å². The summed E-state index contributed by atoms with van der Waals surface area (Å²) < 4.78 is 21.7. The van der Waals surface area contributed by atoms with Crippen LogP contribution in [0.5, 0.6) is 17.2 Å². The Morgan fingerprint density at radius 2 is 1.74 bits per heavy atom. The molecule has 2 rings (SSSR count). The summed E-state index contributed by atoms with van der Waals surface area (Å²) >= 11 is 0. The number of methoxy groups -OCH3 is 2. The minimum absolute atomic E-state index is 0.250. The van der Waals surface area contributed by atoms with Crippen molar-refractivity contribution in [3.63, 3.8) is 0 Å². The molecular weight excluding hydrogens is 346 g/mol. The average Bonchev–Trinajstić information content (AvgIpc) is 2.69. The molecule has 27 heavy (non-hydrogen) atoms. The van der Waals surface area contributed by atoms with E-state index in [9.17, 15) is 5.11 Å². The Morgan fingerprint density at radius 3 is 2.44 bits per heavy atom. The largest absolute Gasteiger partial charge is 0.493 e. The second-order valence-electron chi connectivity index (χ2n) is 6.22. The summed E-state index contributed by atoms with van der Waals surface area (Å²) in [7, 11) is 3.20. The molecule has 1 atom stereocenters. The van der Waals surface area contributed by atoms with Crippen molar-refractivity contribution in [3.05, 3.63) is 53.6 Å². The van der Waals surface area contributed by atoms with E-state index in [4.69, 9.17) is 18.9 Å². The van der Waals surface area contributed by atoms with Crippen LogP contribution in [0.25, 0.3) is 0 Å². The third-order valence-corrected chi connectivity index (χ3v) is 3.98. The topological polar surface area (TPSA) is 69.2 Å². The van der Waals surface area contributed by atoms with E-state index in [1.165, 1.54) is 5.56 Å². The van der Waals surface area contributed by atoms with Crippen LogP contribution in [0.4, 0.5) is 0 Å². The fourth-order valence-electron chi connectivity index (χ4n) is 2.49. The third kappa shape index (κ3) is 7.46. The molecule has 0 aliphatic rings. The van der Waals surface area contributed by atoms with Gasteiger partial charge in [0.15, 0.2) is 11.5 Å².